The van der Waals surface area contributed by atoms with E-state index in [-0.39, 0.29) is 24.2 Å². The van der Waals surface area contributed by atoms with Gasteiger partial charge in [-0.3, -0.25) is 14.5 Å². The molecule has 2 heterocycles. The minimum atomic E-state index is -0.791. The summed E-state index contributed by atoms with van der Waals surface area (Å²) in [5.41, 5.74) is -0.261. The Morgan fingerprint density at radius 1 is 1.07 bits per heavy atom. The second kappa shape index (κ2) is 6.83. The van der Waals surface area contributed by atoms with Gasteiger partial charge in [-0.15, -0.1) is 0 Å². The molecule has 0 unspecified atom stereocenters. The van der Waals surface area contributed by atoms with E-state index in [1.807, 2.05) is 4.90 Å². The predicted molar refractivity (Wildman–Crippen MR) is 96.6 cm³/mol. The van der Waals surface area contributed by atoms with Crippen molar-refractivity contribution in [1.29, 1.82) is 0 Å². The zero-order valence-corrected chi connectivity index (χ0v) is 15.1. The van der Waals surface area contributed by atoms with E-state index in [4.69, 9.17) is 0 Å². The lowest BCUT2D eigenvalue weighted by Gasteiger charge is -2.36. The second-order valence-corrected chi connectivity index (χ2v) is 7.43. The summed E-state index contributed by atoms with van der Waals surface area (Å²) >= 11 is 0. The van der Waals surface area contributed by atoms with Gasteiger partial charge in [0, 0.05) is 26.2 Å². The molecule has 3 fully saturated rings. The van der Waals surface area contributed by atoms with E-state index in [2.05, 4.69) is 5.32 Å². The Kier molecular flexibility index (Phi) is 4.49. The molecule has 144 valence electrons. The molecule has 1 N–H and O–H groups in total. The highest BCUT2D eigenvalue weighted by Crippen LogP contribution is 2.35. The quantitative estimate of drug-likeness (QED) is 0.811. The summed E-state index contributed by atoms with van der Waals surface area (Å²) in [6.07, 6.45) is 3.10. The maximum atomic E-state index is 13.9. The molecule has 2 aliphatic heterocycles. The van der Waals surface area contributed by atoms with Crippen LogP contribution >= 0.6 is 0 Å². The molecule has 1 aromatic carbocycles. The molecule has 1 saturated carbocycles. The highest BCUT2D eigenvalue weighted by atomic mass is 19.1. The Bertz CT molecular complexity index is 770. The van der Waals surface area contributed by atoms with Gasteiger partial charge in [0.15, 0.2) is 0 Å². The Labute approximate surface area is 157 Å². The molecule has 4 amide bonds. The molecule has 1 aliphatic carbocycles. The summed E-state index contributed by atoms with van der Waals surface area (Å²) in [5, 5.41) is 2.79. The molecule has 0 atom stereocenters. The smallest absolute Gasteiger partial charge is 0.325 e. The lowest BCUT2D eigenvalue weighted by atomic mass is 9.98. The monoisotopic (exact) mass is 374 g/mol. The van der Waals surface area contributed by atoms with Gasteiger partial charge >= 0.3 is 6.03 Å². The first-order chi connectivity index (χ1) is 13.0. The molecule has 7 nitrogen and oxygen atoms in total. The largest absolute Gasteiger partial charge is 0.366 e. The maximum Gasteiger partial charge on any atom is 0.325 e. The second-order valence-electron chi connectivity index (χ2n) is 7.43. The van der Waals surface area contributed by atoms with Crippen LogP contribution in [0.2, 0.25) is 0 Å². The van der Waals surface area contributed by atoms with Gasteiger partial charge in [0.25, 0.3) is 5.91 Å². The summed E-state index contributed by atoms with van der Waals surface area (Å²) in [7, 11) is 0. The normalized spacial score (nSPS) is 21.9. The topological polar surface area (TPSA) is 73.0 Å². The van der Waals surface area contributed by atoms with Crippen LogP contribution in [-0.4, -0.2) is 65.9 Å². The van der Waals surface area contributed by atoms with Crippen LogP contribution in [0.25, 0.3) is 0 Å². The fourth-order valence-electron chi connectivity index (χ4n) is 4.28. The van der Waals surface area contributed by atoms with Gasteiger partial charge in [-0.1, -0.05) is 25.0 Å². The van der Waals surface area contributed by atoms with Gasteiger partial charge in [0.1, 0.15) is 17.9 Å². The molecule has 2 saturated heterocycles. The van der Waals surface area contributed by atoms with Gasteiger partial charge in [0.05, 0.1) is 5.69 Å². The van der Waals surface area contributed by atoms with E-state index in [9.17, 15) is 18.8 Å². The number of amides is 4. The number of anilines is 1. The lowest BCUT2D eigenvalue weighted by molar-refractivity contribution is -0.139. The fraction of sp³-hybridized carbons (Fsp3) is 0.526. The van der Waals surface area contributed by atoms with Crippen LogP contribution in [0.15, 0.2) is 24.3 Å². The van der Waals surface area contributed by atoms with Crippen molar-refractivity contribution in [2.75, 3.05) is 37.6 Å². The molecular formula is C19H23FN4O3. The predicted octanol–water partition coefficient (Wildman–Crippen LogP) is 1.34. The van der Waals surface area contributed by atoms with Crippen LogP contribution < -0.4 is 10.2 Å². The number of nitrogens with zero attached hydrogens (tertiary/aromatic N) is 3. The molecule has 1 aromatic rings. The third-order valence-corrected chi connectivity index (χ3v) is 5.82. The molecular weight excluding hydrogens is 351 g/mol. The Balaban J connectivity index is 1.35. The Morgan fingerprint density at radius 3 is 2.41 bits per heavy atom. The Morgan fingerprint density at radius 2 is 1.74 bits per heavy atom. The number of benzene rings is 1. The number of para-hydroxylation sites is 1. The number of rotatable bonds is 3. The van der Waals surface area contributed by atoms with Crippen molar-refractivity contribution in [3.8, 4) is 0 Å². The lowest BCUT2D eigenvalue weighted by Crippen LogP contribution is -2.52. The first-order valence-corrected chi connectivity index (χ1v) is 9.41. The maximum absolute atomic E-state index is 13.9. The highest BCUT2D eigenvalue weighted by molar-refractivity contribution is 6.09. The van der Waals surface area contributed by atoms with Crippen molar-refractivity contribution >= 4 is 23.5 Å². The van der Waals surface area contributed by atoms with Crippen molar-refractivity contribution in [3.63, 3.8) is 0 Å². The highest BCUT2D eigenvalue weighted by Gasteiger charge is 2.52. The fourth-order valence-corrected chi connectivity index (χ4v) is 4.28. The van der Waals surface area contributed by atoms with Crippen LogP contribution in [0.3, 0.4) is 0 Å². The number of halogens is 1. The molecule has 1 spiro atoms. The van der Waals surface area contributed by atoms with Gasteiger partial charge < -0.3 is 15.1 Å². The van der Waals surface area contributed by atoms with Crippen LogP contribution in [0.5, 0.6) is 0 Å². The Hall–Kier alpha value is -2.64. The van der Waals surface area contributed by atoms with Crippen LogP contribution in [-0.2, 0) is 9.59 Å². The van der Waals surface area contributed by atoms with E-state index in [0.29, 0.717) is 44.7 Å². The van der Waals surface area contributed by atoms with Crippen molar-refractivity contribution in [2.24, 2.45) is 0 Å². The van der Waals surface area contributed by atoms with Crippen LogP contribution in [0, 0.1) is 5.82 Å². The standard InChI is InChI=1S/C19H23FN4O3/c20-14-5-1-2-6-15(14)22-9-11-23(12-10-22)16(25)13-24-17(26)19(21-18(24)27)7-3-4-8-19/h1-2,5-6H,3-4,7-13H2,(H,21,27). The number of piperazine rings is 1. The minimum Gasteiger partial charge on any atom is -0.366 e. The van der Waals surface area contributed by atoms with E-state index < -0.39 is 11.6 Å². The number of imide groups is 1. The van der Waals surface area contributed by atoms with Crippen molar-refractivity contribution in [1.82, 2.24) is 15.1 Å². The zero-order chi connectivity index (χ0) is 19.0. The molecule has 0 aromatic heterocycles. The molecule has 4 rings (SSSR count). The third kappa shape index (κ3) is 3.13. The average molecular weight is 374 g/mol. The third-order valence-electron chi connectivity index (χ3n) is 5.82. The summed E-state index contributed by atoms with van der Waals surface area (Å²) in [6, 6.07) is 6.10. The van der Waals surface area contributed by atoms with E-state index in [1.54, 1.807) is 23.1 Å². The number of nitrogens with one attached hydrogen (secondary N) is 1. The molecule has 0 radical (unpaired) electrons. The number of hydrogen-bond acceptors (Lipinski definition) is 4. The molecule has 27 heavy (non-hydrogen) atoms. The molecule has 8 heteroatoms. The van der Waals surface area contributed by atoms with Crippen molar-refractivity contribution in [3.05, 3.63) is 30.1 Å². The first kappa shape index (κ1) is 17.8. The van der Waals surface area contributed by atoms with Crippen molar-refractivity contribution < 1.29 is 18.8 Å². The van der Waals surface area contributed by atoms with Crippen LogP contribution in [0.4, 0.5) is 14.9 Å². The van der Waals surface area contributed by atoms with Crippen molar-refractivity contribution in [2.45, 2.75) is 31.2 Å². The average Bonchev–Trinajstić information content (AvgIpc) is 3.23. The van der Waals surface area contributed by atoms with Crippen LogP contribution in [0.1, 0.15) is 25.7 Å². The van der Waals surface area contributed by atoms with E-state index >= 15 is 0 Å². The van der Waals surface area contributed by atoms with Gasteiger partial charge in [-0.05, 0) is 25.0 Å². The zero-order valence-electron chi connectivity index (χ0n) is 15.1. The first-order valence-electron chi connectivity index (χ1n) is 9.41. The number of carbonyl (C=O) groups excluding carboxylic acids is 3. The number of hydrogen-bond donors (Lipinski definition) is 1. The summed E-state index contributed by atoms with van der Waals surface area (Å²) in [6.45, 7) is 1.66. The summed E-state index contributed by atoms with van der Waals surface area (Å²) < 4.78 is 13.9. The van der Waals surface area contributed by atoms with Gasteiger partial charge in [0.2, 0.25) is 5.91 Å². The van der Waals surface area contributed by atoms with E-state index in [1.165, 1.54) is 6.07 Å². The minimum absolute atomic E-state index is 0.230. The molecule has 3 aliphatic rings. The number of carbonyl (C=O) groups is 3. The summed E-state index contributed by atoms with van der Waals surface area (Å²) in [5.74, 6) is -0.802. The van der Waals surface area contributed by atoms with Gasteiger partial charge in [-0.2, -0.15) is 0 Å². The summed E-state index contributed by atoms with van der Waals surface area (Å²) in [4.78, 5) is 42.1. The SMILES string of the molecule is O=C(CN1C(=O)NC2(CCCC2)C1=O)N1CCN(c2ccccc2F)CC1. The molecule has 0 bridgehead atoms. The van der Waals surface area contributed by atoms with Gasteiger partial charge in [-0.25, -0.2) is 9.18 Å². The number of urea groups is 1. The van der Waals surface area contributed by atoms with E-state index in [0.717, 1.165) is 17.7 Å².